The number of benzene rings is 1. The summed E-state index contributed by atoms with van der Waals surface area (Å²) in [6.07, 6.45) is 0.860. The zero-order chi connectivity index (χ0) is 14.7. The molecule has 0 saturated carbocycles. The second-order valence-electron chi connectivity index (χ2n) is 4.76. The van der Waals surface area contributed by atoms with Gasteiger partial charge in [0.15, 0.2) is 0 Å². The zero-order valence-corrected chi connectivity index (χ0v) is 13.5. The molecule has 0 fully saturated rings. The highest BCUT2D eigenvalue weighted by molar-refractivity contribution is 7.10. The van der Waals surface area contributed by atoms with Crippen molar-refractivity contribution in [1.82, 2.24) is 19.9 Å². The Morgan fingerprint density at radius 1 is 1.24 bits per heavy atom. The molecule has 2 aromatic heterocycles. The molecular weight excluding hydrogens is 300 g/mol. The van der Waals surface area contributed by atoms with Crippen molar-refractivity contribution < 1.29 is 0 Å². The van der Waals surface area contributed by atoms with Crippen LogP contribution in [0, 0.1) is 6.92 Å². The van der Waals surface area contributed by atoms with E-state index >= 15 is 0 Å². The van der Waals surface area contributed by atoms with Crippen LogP contribution < -0.4 is 5.32 Å². The van der Waals surface area contributed by atoms with Gasteiger partial charge in [0.25, 0.3) is 0 Å². The molecule has 2 heterocycles. The van der Waals surface area contributed by atoms with Gasteiger partial charge in [-0.15, -0.1) is 16.4 Å². The van der Waals surface area contributed by atoms with E-state index in [2.05, 4.69) is 32.4 Å². The summed E-state index contributed by atoms with van der Waals surface area (Å²) in [5, 5.41) is 10.7. The van der Waals surface area contributed by atoms with Crippen molar-refractivity contribution >= 4 is 22.9 Å². The van der Waals surface area contributed by atoms with Crippen molar-refractivity contribution in [2.24, 2.45) is 0 Å². The van der Waals surface area contributed by atoms with Crippen LogP contribution in [-0.2, 0) is 6.42 Å². The van der Waals surface area contributed by atoms with Gasteiger partial charge in [-0.2, -0.15) is 0 Å². The van der Waals surface area contributed by atoms with Crippen LogP contribution in [0.4, 0.5) is 0 Å². The number of nitrogens with zero attached hydrogens (tertiary/aromatic N) is 3. The largest absolute Gasteiger partial charge is 0.312 e. The Bertz CT molecular complexity index is 705. The normalized spacial score (nSPS) is 12.5. The molecule has 0 bridgehead atoms. The third-order valence-electron chi connectivity index (χ3n) is 3.35. The van der Waals surface area contributed by atoms with E-state index in [0.29, 0.717) is 0 Å². The Morgan fingerprint density at radius 3 is 2.71 bits per heavy atom. The van der Waals surface area contributed by atoms with Crippen LogP contribution >= 0.6 is 22.9 Å². The number of hydrogen-bond acceptors (Lipinski definition) is 6. The molecule has 6 heteroatoms. The van der Waals surface area contributed by atoms with E-state index < -0.39 is 0 Å². The van der Waals surface area contributed by atoms with Crippen molar-refractivity contribution in [2.45, 2.75) is 19.4 Å². The van der Waals surface area contributed by atoms with Crippen LogP contribution in [0.5, 0.6) is 0 Å². The summed E-state index contributed by atoms with van der Waals surface area (Å²) in [6, 6.07) is 10.5. The monoisotopic (exact) mass is 316 g/mol. The lowest BCUT2D eigenvalue weighted by atomic mass is 10.1. The standard InChI is InChI=1S/C15H16N4S2/c1-10-15(21-19-18-10)12(16-2)8-14-17-13(9-20-14)11-6-4-3-5-7-11/h3-7,9,12,16H,8H2,1-2H3. The molecule has 1 aromatic carbocycles. The van der Waals surface area contributed by atoms with E-state index in [1.54, 1.807) is 11.3 Å². The van der Waals surface area contributed by atoms with Gasteiger partial charge in [-0.3, -0.25) is 0 Å². The zero-order valence-electron chi connectivity index (χ0n) is 11.9. The highest BCUT2D eigenvalue weighted by atomic mass is 32.1. The molecule has 1 unspecified atom stereocenters. The molecule has 1 atom stereocenters. The Kier molecular flexibility index (Phi) is 4.38. The minimum atomic E-state index is 0.222. The second-order valence-corrected chi connectivity index (χ2v) is 6.49. The summed E-state index contributed by atoms with van der Waals surface area (Å²) in [6.45, 7) is 2.00. The molecule has 0 radical (unpaired) electrons. The predicted octanol–water partition coefficient (Wildman–Crippen LogP) is 3.47. The van der Waals surface area contributed by atoms with Gasteiger partial charge >= 0.3 is 0 Å². The van der Waals surface area contributed by atoms with Gasteiger partial charge in [0, 0.05) is 17.4 Å². The molecule has 4 nitrogen and oxygen atoms in total. The van der Waals surface area contributed by atoms with Gasteiger partial charge in [-0.1, -0.05) is 34.8 Å². The van der Waals surface area contributed by atoms with Crippen LogP contribution in [0.1, 0.15) is 21.6 Å². The molecule has 0 aliphatic carbocycles. The fraction of sp³-hybridized carbons (Fsp3) is 0.267. The SMILES string of the molecule is CNC(Cc1nc(-c2ccccc2)cs1)c1snnc1C. The molecule has 0 spiro atoms. The molecule has 3 rings (SSSR count). The van der Waals surface area contributed by atoms with Gasteiger partial charge in [0.1, 0.15) is 0 Å². The van der Waals surface area contributed by atoms with E-state index in [0.717, 1.165) is 28.4 Å². The first-order valence-corrected chi connectivity index (χ1v) is 8.39. The molecule has 108 valence electrons. The third-order valence-corrected chi connectivity index (χ3v) is 5.16. The average molecular weight is 316 g/mol. The second kappa shape index (κ2) is 6.43. The number of thiazole rings is 1. The van der Waals surface area contributed by atoms with Gasteiger partial charge in [0.05, 0.1) is 27.3 Å². The first kappa shape index (κ1) is 14.3. The molecule has 0 aliphatic rings. The number of rotatable bonds is 5. The van der Waals surface area contributed by atoms with Crippen LogP contribution in [0.3, 0.4) is 0 Å². The lowest BCUT2D eigenvalue weighted by molar-refractivity contribution is 0.596. The van der Waals surface area contributed by atoms with Gasteiger partial charge < -0.3 is 5.32 Å². The fourth-order valence-corrected chi connectivity index (χ4v) is 3.81. The summed E-state index contributed by atoms with van der Waals surface area (Å²) in [5.74, 6) is 0. The lowest BCUT2D eigenvalue weighted by Gasteiger charge is -2.12. The van der Waals surface area contributed by atoms with Crippen LogP contribution in [-0.4, -0.2) is 21.6 Å². The quantitative estimate of drug-likeness (QED) is 0.783. The lowest BCUT2D eigenvalue weighted by Crippen LogP contribution is -2.18. The van der Waals surface area contributed by atoms with E-state index in [-0.39, 0.29) is 6.04 Å². The average Bonchev–Trinajstić information content (AvgIpc) is 3.15. The molecule has 3 aromatic rings. The molecule has 0 saturated heterocycles. The van der Waals surface area contributed by atoms with Gasteiger partial charge in [0.2, 0.25) is 0 Å². The Labute approximate surface area is 132 Å². The Balaban J connectivity index is 1.79. The first-order valence-electron chi connectivity index (χ1n) is 6.74. The highest BCUT2D eigenvalue weighted by Crippen LogP contribution is 2.27. The first-order chi connectivity index (χ1) is 10.3. The molecule has 0 amide bonds. The maximum absolute atomic E-state index is 4.75. The van der Waals surface area contributed by atoms with Crippen LogP contribution in [0.2, 0.25) is 0 Å². The predicted molar refractivity (Wildman–Crippen MR) is 87.7 cm³/mol. The van der Waals surface area contributed by atoms with Crippen molar-refractivity contribution in [3.05, 3.63) is 51.3 Å². The number of nitrogens with one attached hydrogen (secondary N) is 1. The molecule has 21 heavy (non-hydrogen) atoms. The minimum absolute atomic E-state index is 0.222. The topological polar surface area (TPSA) is 50.7 Å². The number of hydrogen-bond donors (Lipinski definition) is 1. The van der Waals surface area contributed by atoms with Crippen molar-refractivity contribution in [2.75, 3.05) is 7.05 Å². The third kappa shape index (κ3) is 3.18. The molecule has 0 aliphatic heterocycles. The van der Waals surface area contributed by atoms with Crippen molar-refractivity contribution in [3.63, 3.8) is 0 Å². The number of aryl methyl sites for hydroxylation is 1. The summed E-state index contributed by atoms with van der Waals surface area (Å²) in [5.41, 5.74) is 3.21. The van der Waals surface area contributed by atoms with Gasteiger partial charge in [-0.05, 0) is 25.5 Å². The summed E-state index contributed by atoms with van der Waals surface area (Å²) >= 11 is 3.16. The number of likely N-dealkylation sites (N-methyl/N-ethyl adjacent to an activating group) is 1. The van der Waals surface area contributed by atoms with Crippen LogP contribution in [0.15, 0.2) is 35.7 Å². The fourth-order valence-electron chi connectivity index (χ4n) is 2.20. The van der Waals surface area contributed by atoms with Crippen LogP contribution in [0.25, 0.3) is 11.3 Å². The van der Waals surface area contributed by atoms with E-state index in [1.807, 2.05) is 32.2 Å². The van der Waals surface area contributed by atoms with Crippen molar-refractivity contribution in [3.8, 4) is 11.3 Å². The number of aromatic nitrogens is 3. The smallest absolute Gasteiger partial charge is 0.0951 e. The van der Waals surface area contributed by atoms with Crippen molar-refractivity contribution in [1.29, 1.82) is 0 Å². The minimum Gasteiger partial charge on any atom is -0.312 e. The Hall–Kier alpha value is -1.63. The maximum atomic E-state index is 4.75. The maximum Gasteiger partial charge on any atom is 0.0951 e. The summed E-state index contributed by atoms with van der Waals surface area (Å²) in [4.78, 5) is 5.94. The van der Waals surface area contributed by atoms with E-state index in [1.165, 1.54) is 16.4 Å². The van der Waals surface area contributed by atoms with E-state index in [9.17, 15) is 0 Å². The highest BCUT2D eigenvalue weighted by Gasteiger charge is 2.18. The van der Waals surface area contributed by atoms with E-state index in [4.69, 9.17) is 4.98 Å². The molecular formula is C15H16N4S2. The summed E-state index contributed by atoms with van der Waals surface area (Å²) in [7, 11) is 1.97. The molecule has 1 N–H and O–H groups in total. The van der Waals surface area contributed by atoms with Gasteiger partial charge in [-0.25, -0.2) is 4.98 Å². The Morgan fingerprint density at radius 2 is 2.05 bits per heavy atom. The summed E-state index contributed by atoms with van der Waals surface area (Å²) < 4.78 is 4.02.